The zero-order valence-electron chi connectivity index (χ0n) is 13.1. The summed E-state index contributed by atoms with van der Waals surface area (Å²) in [6.45, 7) is 5.33. The van der Waals surface area contributed by atoms with Crippen molar-refractivity contribution in [1.29, 1.82) is 0 Å². The molecule has 0 saturated carbocycles. The number of para-hydroxylation sites is 1. The van der Waals surface area contributed by atoms with E-state index in [4.69, 9.17) is 9.47 Å². The second-order valence-electron chi connectivity index (χ2n) is 5.23. The Morgan fingerprint density at radius 3 is 2.36 bits per heavy atom. The number of benzene rings is 2. The van der Waals surface area contributed by atoms with E-state index in [9.17, 15) is 4.79 Å². The van der Waals surface area contributed by atoms with Crippen LogP contribution in [0.3, 0.4) is 0 Å². The molecule has 0 aliphatic rings. The molecule has 0 radical (unpaired) electrons. The second-order valence-corrected chi connectivity index (χ2v) is 5.23. The fraction of sp³-hybridized carbons (Fsp3) is 0.316. The molecule has 0 aliphatic carbocycles. The van der Waals surface area contributed by atoms with E-state index in [0.29, 0.717) is 24.7 Å². The van der Waals surface area contributed by atoms with Crippen molar-refractivity contribution >= 4 is 6.29 Å². The van der Waals surface area contributed by atoms with Gasteiger partial charge < -0.3 is 9.47 Å². The molecule has 0 bridgehead atoms. The van der Waals surface area contributed by atoms with Gasteiger partial charge in [-0.2, -0.15) is 0 Å². The van der Waals surface area contributed by atoms with Gasteiger partial charge in [-0.15, -0.1) is 0 Å². The summed E-state index contributed by atoms with van der Waals surface area (Å²) < 4.78 is 11.5. The highest BCUT2D eigenvalue weighted by Crippen LogP contribution is 2.28. The van der Waals surface area contributed by atoms with Gasteiger partial charge in [0.25, 0.3) is 0 Å². The molecule has 0 spiro atoms. The molecule has 3 heteroatoms. The SMILES string of the molecule is CC[C@@H](C)c1ccccc1OCCOc1ccc(C=O)cc1. The highest BCUT2D eigenvalue weighted by Gasteiger charge is 2.09. The van der Waals surface area contributed by atoms with E-state index in [1.54, 1.807) is 24.3 Å². The first-order chi connectivity index (χ1) is 10.7. The Hall–Kier alpha value is -2.29. The Morgan fingerprint density at radius 2 is 1.68 bits per heavy atom. The van der Waals surface area contributed by atoms with Gasteiger partial charge in [0.05, 0.1) is 0 Å². The van der Waals surface area contributed by atoms with Crippen LogP contribution < -0.4 is 9.47 Å². The van der Waals surface area contributed by atoms with Crippen LogP contribution in [0.1, 0.15) is 42.1 Å². The molecular weight excluding hydrogens is 276 g/mol. The number of carbonyl (C=O) groups excluding carboxylic acids is 1. The highest BCUT2D eigenvalue weighted by atomic mass is 16.5. The number of hydrogen-bond acceptors (Lipinski definition) is 3. The number of carbonyl (C=O) groups is 1. The lowest BCUT2D eigenvalue weighted by atomic mass is 9.98. The van der Waals surface area contributed by atoms with E-state index in [-0.39, 0.29) is 0 Å². The molecule has 0 aromatic heterocycles. The second kappa shape index (κ2) is 8.23. The normalized spacial score (nSPS) is 11.7. The van der Waals surface area contributed by atoms with Crippen molar-refractivity contribution in [1.82, 2.24) is 0 Å². The number of ether oxygens (including phenoxy) is 2. The van der Waals surface area contributed by atoms with Crippen LogP contribution in [0.2, 0.25) is 0 Å². The van der Waals surface area contributed by atoms with Gasteiger partial charge in [0.2, 0.25) is 0 Å². The average molecular weight is 298 g/mol. The molecule has 0 saturated heterocycles. The maximum absolute atomic E-state index is 10.6. The lowest BCUT2D eigenvalue weighted by molar-refractivity contribution is 0.112. The van der Waals surface area contributed by atoms with Crippen LogP contribution in [0.5, 0.6) is 11.5 Å². The Morgan fingerprint density at radius 1 is 1.00 bits per heavy atom. The lowest BCUT2D eigenvalue weighted by Gasteiger charge is -2.15. The van der Waals surface area contributed by atoms with E-state index < -0.39 is 0 Å². The first kappa shape index (κ1) is 16.1. The molecule has 0 unspecified atom stereocenters. The molecule has 0 amide bonds. The van der Waals surface area contributed by atoms with Crippen LogP contribution in [0.4, 0.5) is 0 Å². The Balaban J connectivity index is 1.84. The minimum absolute atomic E-state index is 0.468. The topological polar surface area (TPSA) is 35.5 Å². The zero-order chi connectivity index (χ0) is 15.8. The van der Waals surface area contributed by atoms with Crippen LogP contribution in [0.15, 0.2) is 48.5 Å². The van der Waals surface area contributed by atoms with Crippen LogP contribution in [0.25, 0.3) is 0 Å². The number of hydrogen-bond donors (Lipinski definition) is 0. The molecule has 0 N–H and O–H groups in total. The van der Waals surface area contributed by atoms with Crippen LogP contribution in [-0.2, 0) is 0 Å². The van der Waals surface area contributed by atoms with Crippen LogP contribution in [-0.4, -0.2) is 19.5 Å². The maximum atomic E-state index is 10.6. The van der Waals surface area contributed by atoms with Gasteiger partial charge in [0.1, 0.15) is 31.0 Å². The van der Waals surface area contributed by atoms with Crippen molar-refractivity contribution in [3.05, 3.63) is 59.7 Å². The van der Waals surface area contributed by atoms with Gasteiger partial charge in [-0.25, -0.2) is 0 Å². The molecule has 2 aromatic rings. The van der Waals surface area contributed by atoms with Crippen LogP contribution in [0, 0.1) is 0 Å². The quantitative estimate of drug-likeness (QED) is 0.533. The van der Waals surface area contributed by atoms with E-state index in [0.717, 1.165) is 24.2 Å². The summed E-state index contributed by atoms with van der Waals surface area (Å²) in [7, 11) is 0. The van der Waals surface area contributed by atoms with E-state index in [1.807, 2.05) is 18.2 Å². The van der Waals surface area contributed by atoms with E-state index in [1.165, 1.54) is 5.56 Å². The van der Waals surface area contributed by atoms with Gasteiger partial charge in [-0.3, -0.25) is 4.79 Å². The zero-order valence-corrected chi connectivity index (χ0v) is 13.1. The molecule has 116 valence electrons. The average Bonchev–Trinajstić information content (AvgIpc) is 2.59. The molecule has 0 aliphatic heterocycles. The Kier molecular flexibility index (Phi) is 6.01. The summed E-state index contributed by atoms with van der Waals surface area (Å²) >= 11 is 0. The van der Waals surface area contributed by atoms with Crippen LogP contribution >= 0.6 is 0 Å². The first-order valence-electron chi connectivity index (χ1n) is 7.64. The molecule has 1 atom stereocenters. The summed E-state index contributed by atoms with van der Waals surface area (Å²) in [6, 6.07) is 15.2. The molecule has 2 rings (SSSR count). The van der Waals surface area contributed by atoms with Crippen molar-refractivity contribution in [2.45, 2.75) is 26.2 Å². The van der Waals surface area contributed by atoms with Crippen molar-refractivity contribution in [2.75, 3.05) is 13.2 Å². The summed E-state index contributed by atoms with van der Waals surface area (Å²) in [5.74, 6) is 2.15. The van der Waals surface area contributed by atoms with Crippen molar-refractivity contribution in [3.8, 4) is 11.5 Å². The fourth-order valence-electron chi connectivity index (χ4n) is 2.19. The van der Waals surface area contributed by atoms with Gasteiger partial charge in [0.15, 0.2) is 0 Å². The predicted molar refractivity (Wildman–Crippen MR) is 88.0 cm³/mol. The van der Waals surface area contributed by atoms with Gasteiger partial charge in [0, 0.05) is 5.56 Å². The lowest BCUT2D eigenvalue weighted by Crippen LogP contribution is -2.10. The van der Waals surface area contributed by atoms with Crippen molar-refractivity contribution in [3.63, 3.8) is 0 Å². The summed E-state index contributed by atoms with van der Waals surface area (Å²) in [5.41, 5.74) is 1.88. The monoisotopic (exact) mass is 298 g/mol. The molecule has 0 fully saturated rings. The molecule has 0 heterocycles. The summed E-state index contributed by atoms with van der Waals surface area (Å²) in [4.78, 5) is 10.6. The number of aldehydes is 1. The minimum Gasteiger partial charge on any atom is -0.490 e. The minimum atomic E-state index is 0.468. The van der Waals surface area contributed by atoms with Gasteiger partial charge in [-0.1, -0.05) is 32.0 Å². The molecular formula is C19H22O3. The molecule has 22 heavy (non-hydrogen) atoms. The Bertz CT molecular complexity index is 590. The number of rotatable bonds is 8. The Labute approximate surface area is 131 Å². The van der Waals surface area contributed by atoms with Crippen molar-refractivity contribution < 1.29 is 14.3 Å². The largest absolute Gasteiger partial charge is 0.490 e. The first-order valence-corrected chi connectivity index (χ1v) is 7.64. The molecule has 2 aromatic carbocycles. The van der Waals surface area contributed by atoms with E-state index in [2.05, 4.69) is 19.9 Å². The van der Waals surface area contributed by atoms with E-state index >= 15 is 0 Å². The molecule has 3 nitrogen and oxygen atoms in total. The highest BCUT2D eigenvalue weighted by molar-refractivity contribution is 5.74. The van der Waals surface area contributed by atoms with Gasteiger partial charge >= 0.3 is 0 Å². The predicted octanol–water partition coefficient (Wildman–Crippen LogP) is 4.47. The third kappa shape index (κ3) is 4.35. The standard InChI is InChI=1S/C19H22O3/c1-3-15(2)18-6-4-5-7-19(18)22-13-12-21-17-10-8-16(14-20)9-11-17/h4-11,14-15H,3,12-13H2,1-2H3/t15-/m1/s1. The summed E-state index contributed by atoms with van der Waals surface area (Å²) in [5, 5.41) is 0. The maximum Gasteiger partial charge on any atom is 0.150 e. The smallest absolute Gasteiger partial charge is 0.150 e. The fourth-order valence-corrected chi connectivity index (χ4v) is 2.19. The third-order valence-electron chi connectivity index (χ3n) is 3.69. The van der Waals surface area contributed by atoms with Crippen molar-refractivity contribution in [2.24, 2.45) is 0 Å². The third-order valence-corrected chi connectivity index (χ3v) is 3.69. The van der Waals surface area contributed by atoms with Gasteiger partial charge in [-0.05, 0) is 48.2 Å². The summed E-state index contributed by atoms with van der Waals surface area (Å²) in [6.07, 6.45) is 1.90.